The van der Waals surface area contributed by atoms with Gasteiger partial charge in [0.2, 0.25) is 10.0 Å². The molecule has 5 nitrogen and oxygen atoms in total. The highest BCUT2D eigenvalue weighted by atomic mass is 32.2. The topological polar surface area (TPSA) is 66.5 Å². The zero-order valence-corrected chi connectivity index (χ0v) is 16.1. The molecule has 0 spiro atoms. The van der Waals surface area contributed by atoms with E-state index in [2.05, 4.69) is 16.9 Å². The van der Waals surface area contributed by atoms with Crippen LogP contribution in [0.1, 0.15) is 47.8 Å². The SMILES string of the molecule is CC(C)NS(=O)(=O)c1ccc(C(=O)N(C)C2CCc3ccccc32)cc1. The standard InChI is InChI=1S/C20H24N2O3S/c1-14(2)21-26(24,25)17-11-8-16(9-12-17)20(23)22(3)19-13-10-15-6-4-5-7-18(15)19/h4-9,11-12,14,19,21H,10,13H2,1-3H3. The maximum absolute atomic E-state index is 12.8. The lowest BCUT2D eigenvalue weighted by Crippen LogP contribution is -2.31. The van der Waals surface area contributed by atoms with Gasteiger partial charge in [0.1, 0.15) is 0 Å². The third-order valence-corrected chi connectivity index (χ3v) is 6.37. The lowest BCUT2D eigenvalue weighted by molar-refractivity contribution is 0.0730. The van der Waals surface area contributed by atoms with Crippen molar-refractivity contribution < 1.29 is 13.2 Å². The third-order valence-electron chi connectivity index (χ3n) is 4.69. The number of rotatable bonds is 5. The predicted octanol–water partition coefficient (Wildman–Crippen LogP) is 3.13. The molecule has 2 aromatic rings. The molecule has 1 N–H and O–H groups in total. The van der Waals surface area contributed by atoms with E-state index in [4.69, 9.17) is 0 Å². The fourth-order valence-corrected chi connectivity index (χ4v) is 4.69. The average Bonchev–Trinajstić information content (AvgIpc) is 3.03. The maximum atomic E-state index is 12.8. The van der Waals surface area contributed by atoms with E-state index in [0.29, 0.717) is 5.56 Å². The summed E-state index contributed by atoms with van der Waals surface area (Å²) >= 11 is 0. The Labute approximate surface area is 155 Å². The fraction of sp³-hybridized carbons (Fsp3) is 0.350. The molecule has 0 fully saturated rings. The van der Waals surface area contributed by atoms with Crippen LogP contribution in [0.2, 0.25) is 0 Å². The van der Waals surface area contributed by atoms with Crippen molar-refractivity contribution in [2.24, 2.45) is 0 Å². The van der Waals surface area contributed by atoms with Crippen LogP contribution in [-0.4, -0.2) is 32.3 Å². The van der Waals surface area contributed by atoms with E-state index >= 15 is 0 Å². The van der Waals surface area contributed by atoms with Gasteiger partial charge in [-0.15, -0.1) is 0 Å². The van der Waals surface area contributed by atoms with Crippen LogP contribution in [0.15, 0.2) is 53.4 Å². The van der Waals surface area contributed by atoms with E-state index in [9.17, 15) is 13.2 Å². The van der Waals surface area contributed by atoms with E-state index in [-0.39, 0.29) is 22.9 Å². The van der Waals surface area contributed by atoms with Crippen LogP contribution >= 0.6 is 0 Å². The number of sulfonamides is 1. The lowest BCUT2D eigenvalue weighted by atomic mass is 10.1. The molecule has 1 amide bonds. The third kappa shape index (κ3) is 3.66. The first-order valence-corrected chi connectivity index (χ1v) is 10.3. The van der Waals surface area contributed by atoms with Gasteiger partial charge in [-0.1, -0.05) is 24.3 Å². The molecule has 0 saturated heterocycles. The normalized spacial score (nSPS) is 16.5. The molecule has 0 saturated carbocycles. The van der Waals surface area contributed by atoms with Crippen molar-refractivity contribution >= 4 is 15.9 Å². The van der Waals surface area contributed by atoms with E-state index in [1.165, 1.54) is 23.3 Å². The highest BCUT2D eigenvalue weighted by Gasteiger charge is 2.29. The van der Waals surface area contributed by atoms with Gasteiger partial charge in [-0.3, -0.25) is 4.79 Å². The Kier molecular flexibility index (Phi) is 5.16. The summed E-state index contributed by atoms with van der Waals surface area (Å²) in [5.41, 5.74) is 2.97. The number of fused-ring (bicyclic) bond motifs is 1. The molecular weight excluding hydrogens is 348 g/mol. The smallest absolute Gasteiger partial charge is 0.254 e. The minimum absolute atomic E-state index is 0.0599. The molecule has 138 valence electrons. The second-order valence-corrected chi connectivity index (χ2v) is 8.68. The number of aryl methyl sites for hydroxylation is 1. The maximum Gasteiger partial charge on any atom is 0.254 e. The van der Waals surface area contributed by atoms with E-state index in [1.807, 2.05) is 12.1 Å². The Morgan fingerprint density at radius 2 is 1.77 bits per heavy atom. The second kappa shape index (κ2) is 7.21. The van der Waals surface area contributed by atoms with E-state index in [0.717, 1.165) is 12.8 Å². The fourth-order valence-electron chi connectivity index (χ4n) is 3.44. The summed E-state index contributed by atoms with van der Waals surface area (Å²) in [5, 5.41) is 0. The Balaban J connectivity index is 1.79. The predicted molar refractivity (Wildman–Crippen MR) is 101 cm³/mol. The van der Waals surface area contributed by atoms with Crippen molar-refractivity contribution in [1.29, 1.82) is 0 Å². The Morgan fingerprint density at radius 3 is 2.42 bits per heavy atom. The summed E-state index contributed by atoms with van der Waals surface area (Å²) in [7, 11) is -1.75. The molecule has 6 heteroatoms. The second-order valence-electron chi connectivity index (χ2n) is 6.97. The molecule has 1 aliphatic rings. The van der Waals surface area contributed by atoms with Gasteiger partial charge in [0.25, 0.3) is 5.91 Å². The van der Waals surface area contributed by atoms with Crippen molar-refractivity contribution in [3.63, 3.8) is 0 Å². The summed E-state index contributed by atoms with van der Waals surface area (Å²) in [6.45, 7) is 3.54. The summed E-state index contributed by atoms with van der Waals surface area (Å²) in [5.74, 6) is -0.104. The van der Waals surface area contributed by atoms with Gasteiger partial charge in [0, 0.05) is 18.7 Å². The number of benzene rings is 2. The quantitative estimate of drug-likeness (QED) is 0.877. The molecule has 1 unspecified atom stereocenters. The van der Waals surface area contributed by atoms with Crippen LogP contribution in [0.25, 0.3) is 0 Å². The Bertz CT molecular complexity index is 905. The number of nitrogens with zero attached hydrogens (tertiary/aromatic N) is 1. The molecule has 1 aliphatic carbocycles. The number of nitrogens with one attached hydrogen (secondary N) is 1. The molecule has 0 aliphatic heterocycles. The molecule has 3 rings (SSSR count). The number of hydrogen-bond acceptors (Lipinski definition) is 3. The molecule has 1 atom stereocenters. The molecule has 26 heavy (non-hydrogen) atoms. The zero-order valence-electron chi connectivity index (χ0n) is 15.3. The van der Waals surface area contributed by atoms with Crippen molar-refractivity contribution in [1.82, 2.24) is 9.62 Å². The summed E-state index contributed by atoms with van der Waals surface area (Å²) < 4.78 is 26.9. The van der Waals surface area contributed by atoms with E-state index in [1.54, 1.807) is 37.9 Å². The molecular formula is C20H24N2O3S. The van der Waals surface area contributed by atoms with Crippen molar-refractivity contribution in [3.05, 3.63) is 65.2 Å². The summed E-state index contributed by atoms with van der Waals surface area (Å²) in [6, 6.07) is 14.2. The number of hydrogen-bond donors (Lipinski definition) is 1. The van der Waals surface area contributed by atoms with Gasteiger partial charge in [-0.2, -0.15) is 0 Å². The van der Waals surface area contributed by atoms with Crippen molar-refractivity contribution in [2.75, 3.05) is 7.05 Å². The summed E-state index contributed by atoms with van der Waals surface area (Å²) in [6.07, 6.45) is 1.88. The first-order valence-electron chi connectivity index (χ1n) is 8.77. The van der Waals surface area contributed by atoms with Crippen LogP contribution in [0.4, 0.5) is 0 Å². The van der Waals surface area contributed by atoms with Crippen LogP contribution in [0, 0.1) is 0 Å². The van der Waals surface area contributed by atoms with Crippen molar-refractivity contribution in [3.8, 4) is 0 Å². The first kappa shape index (κ1) is 18.6. The van der Waals surface area contributed by atoms with Crippen LogP contribution in [0.3, 0.4) is 0 Å². The van der Waals surface area contributed by atoms with Crippen LogP contribution in [0.5, 0.6) is 0 Å². The Hall–Kier alpha value is -2.18. The molecule has 0 aromatic heterocycles. The van der Waals surface area contributed by atoms with Crippen molar-refractivity contribution in [2.45, 2.75) is 43.7 Å². The van der Waals surface area contributed by atoms with Gasteiger partial charge in [0.15, 0.2) is 0 Å². The van der Waals surface area contributed by atoms with Crippen LogP contribution in [-0.2, 0) is 16.4 Å². The van der Waals surface area contributed by atoms with E-state index < -0.39 is 10.0 Å². The summed E-state index contributed by atoms with van der Waals surface area (Å²) in [4.78, 5) is 14.8. The first-order chi connectivity index (χ1) is 12.3. The molecule has 0 radical (unpaired) electrons. The molecule has 2 aromatic carbocycles. The lowest BCUT2D eigenvalue weighted by Gasteiger charge is -2.25. The minimum atomic E-state index is -3.55. The minimum Gasteiger partial charge on any atom is -0.335 e. The largest absolute Gasteiger partial charge is 0.335 e. The van der Waals surface area contributed by atoms with Crippen LogP contribution < -0.4 is 4.72 Å². The Morgan fingerprint density at radius 1 is 1.12 bits per heavy atom. The molecule has 0 heterocycles. The highest BCUT2D eigenvalue weighted by molar-refractivity contribution is 7.89. The average molecular weight is 372 g/mol. The number of carbonyl (C=O) groups is 1. The van der Waals surface area contributed by atoms with Gasteiger partial charge >= 0.3 is 0 Å². The van der Waals surface area contributed by atoms with Gasteiger partial charge < -0.3 is 4.90 Å². The molecule has 0 bridgehead atoms. The van der Waals surface area contributed by atoms with Gasteiger partial charge in [-0.05, 0) is 62.1 Å². The number of carbonyl (C=O) groups excluding carboxylic acids is 1. The monoisotopic (exact) mass is 372 g/mol. The number of amides is 1. The highest BCUT2D eigenvalue weighted by Crippen LogP contribution is 2.35. The van der Waals surface area contributed by atoms with Gasteiger partial charge in [-0.25, -0.2) is 13.1 Å². The van der Waals surface area contributed by atoms with Gasteiger partial charge in [0.05, 0.1) is 10.9 Å². The zero-order chi connectivity index (χ0) is 18.9.